The third kappa shape index (κ3) is 3.96. The molecule has 0 aromatic heterocycles. The second-order valence-corrected chi connectivity index (χ2v) is 4.88. The lowest BCUT2D eigenvalue weighted by Gasteiger charge is -2.30. The first-order valence-electron chi connectivity index (χ1n) is 6.00. The molecular weight excluding hydrogens is 236 g/mol. The average Bonchev–Trinajstić information content (AvgIpc) is 2.32. The number of ether oxygens (including phenoxy) is 1. The van der Waals surface area contributed by atoms with Crippen molar-refractivity contribution in [2.24, 2.45) is 0 Å². The van der Waals surface area contributed by atoms with Gasteiger partial charge in [-0.15, -0.1) is 0 Å². The van der Waals surface area contributed by atoms with Gasteiger partial charge in [0, 0.05) is 31.2 Å². The van der Waals surface area contributed by atoms with Crippen LogP contribution in [-0.2, 0) is 11.3 Å². The normalized spacial score (nSPS) is 21.6. The molecule has 3 nitrogen and oxygen atoms in total. The molecule has 1 saturated heterocycles. The summed E-state index contributed by atoms with van der Waals surface area (Å²) in [6, 6.07) is 7.92. The Morgan fingerprint density at radius 2 is 2.29 bits per heavy atom. The summed E-state index contributed by atoms with van der Waals surface area (Å²) in [6.07, 6.45) is 0.288. The van der Waals surface area contributed by atoms with E-state index >= 15 is 0 Å². The molecular formula is C13H19ClN2O. The van der Waals surface area contributed by atoms with Crippen LogP contribution in [0.25, 0.3) is 0 Å². The van der Waals surface area contributed by atoms with Crippen molar-refractivity contribution in [1.82, 2.24) is 10.2 Å². The van der Waals surface area contributed by atoms with Crippen molar-refractivity contribution in [3.63, 3.8) is 0 Å². The highest BCUT2D eigenvalue weighted by Crippen LogP contribution is 2.14. The molecule has 1 aliphatic rings. The summed E-state index contributed by atoms with van der Waals surface area (Å²) in [5.41, 5.74) is 1.14. The molecule has 94 valence electrons. The molecule has 1 N–H and O–H groups in total. The number of halogens is 1. The number of hydrogen-bond donors (Lipinski definition) is 1. The minimum atomic E-state index is 0.288. The van der Waals surface area contributed by atoms with Crippen LogP contribution in [0.3, 0.4) is 0 Å². The fraction of sp³-hybridized carbons (Fsp3) is 0.538. The average molecular weight is 255 g/mol. The van der Waals surface area contributed by atoms with Gasteiger partial charge < -0.3 is 15.0 Å². The quantitative estimate of drug-likeness (QED) is 0.886. The van der Waals surface area contributed by atoms with Crippen LogP contribution in [0.15, 0.2) is 24.3 Å². The first kappa shape index (κ1) is 12.8. The Labute approximate surface area is 108 Å². The molecule has 1 heterocycles. The van der Waals surface area contributed by atoms with E-state index in [4.69, 9.17) is 16.3 Å². The van der Waals surface area contributed by atoms with E-state index < -0.39 is 0 Å². The summed E-state index contributed by atoms with van der Waals surface area (Å²) in [6.45, 7) is 4.52. The van der Waals surface area contributed by atoms with Crippen molar-refractivity contribution in [3.8, 4) is 0 Å². The van der Waals surface area contributed by atoms with E-state index in [2.05, 4.69) is 17.3 Å². The van der Waals surface area contributed by atoms with Gasteiger partial charge in [-0.1, -0.05) is 29.8 Å². The Balaban J connectivity index is 1.74. The molecule has 1 unspecified atom stereocenters. The summed E-state index contributed by atoms with van der Waals surface area (Å²) in [5.74, 6) is 0. The molecule has 0 aliphatic carbocycles. The van der Waals surface area contributed by atoms with Crippen LogP contribution in [0.4, 0.5) is 0 Å². The van der Waals surface area contributed by atoms with Crippen molar-refractivity contribution in [1.29, 1.82) is 0 Å². The minimum Gasteiger partial charge on any atom is -0.374 e. The van der Waals surface area contributed by atoms with Crippen LogP contribution in [0.5, 0.6) is 0 Å². The Hall–Kier alpha value is -0.610. The van der Waals surface area contributed by atoms with Crippen LogP contribution >= 0.6 is 11.6 Å². The van der Waals surface area contributed by atoms with Crippen molar-refractivity contribution in [2.45, 2.75) is 12.6 Å². The number of hydrogen-bond acceptors (Lipinski definition) is 3. The molecule has 2 rings (SSSR count). The fourth-order valence-electron chi connectivity index (χ4n) is 2.00. The van der Waals surface area contributed by atoms with Gasteiger partial charge in [0.05, 0.1) is 12.7 Å². The van der Waals surface area contributed by atoms with E-state index in [1.807, 2.05) is 24.3 Å². The maximum absolute atomic E-state index is 6.09. The van der Waals surface area contributed by atoms with Crippen molar-refractivity contribution >= 4 is 11.6 Å². The smallest absolute Gasteiger partial charge is 0.0826 e. The first-order valence-corrected chi connectivity index (χ1v) is 6.38. The molecule has 0 amide bonds. The van der Waals surface area contributed by atoms with Gasteiger partial charge in [-0.2, -0.15) is 0 Å². The van der Waals surface area contributed by atoms with Gasteiger partial charge in [-0.3, -0.25) is 0 Å². The van der Waals surface area contributed by atoms with Gasteiger partial charge in [-0.25, -0.2) is 0 Å². The Morgan fingerprint density at radius 3 is 3.06 bits per heavy atom. The van der Waals surface area contributed by atoms with Gasteiger partial charge in [-0.05, 0) is 18.7 Å². The van der Waals surface area contributed by atoms with Crippen LogP contribution in [-0.4, -0.2) is 44.3 Å². The highest BCUT2D eigenvalue weighted by atomic mass is 35.5. The molecule has 0 radical (unpaired) electrons. The van der Waals surface area contributed by atoms with Gasteiger partial charge in [0.15, 0.2) is 0 Å². The predicted molar refractivity (Wildman–Crippen MR) is 70.4 cm³/mol. The number of nitrogens with one attached hydrogen (secondary N) is 1. The number of rotatable bonds is 4. The molecule has 4 heteroatoms. The van der Waals surface area contributed by atoms with Gasteiger partial charge in [0.1, 0.15) is 0 Å². The molecule has 0 bridgehead atoms. The molecule has 1 aromatic carbocycles. The minimum absolute atomic E-state index is 0.288. The maximum Gasteiger partial charge on any atom is 0.0826 e. The predicted octanol–water partition coefficient (Wildman–Crippen LogP) is 1.76. The summed E-state index contributed by atoms with van der Waals surface area (Å²) >= 11 is 6.09. The van der Waals surface area contributed by atoms with E-state index in [9.17, 15) is 0 Å². The van der Waals surface area contributed by atoms with Gasteiger partial charge in [0.2, 0.25) is 0 Å². The van der Waals surface area contributed by atoms with Crippen molar-refractivity contribution in [3.05, 3.63) is 34.9 Å². The Morgan fingerprint density at radius 1 is 1.47 bits per heavy atom. The lowest BCUT2D eigenvalue weighted by molar-refractivity contribution is -0.0182. The molecule has 1 atom stereocenters. The van der Waals surface area contributed by atoms with Crippen LogP contribution in [0, 0.1) is 0 Å². The second-order valence-electron chi connectivity index (χ2n) is 4.48. The van der Waals surface area contributed by atoms with E-state index in [-0.39, 0.29) is 6.10 Å². The number of benzene rings is 1. The van der Waals surface area contributed by atoms with E-state index in [1.165, 1.54) is 0 Å². The lowest BCUT2D eigenvalue weighted by atomic mass is 10.2. The highest BCUT2D eigenvalue weighted by Gasteiger charge is 2.16. The standard InChI is InChI=1S/C13H19ClN2O/c1-16-6-7-17-12(10-16)9-15-8-11-4-2-3-5-13(11)14/h2-5,12,15H,6-10H2,1H3. The first-order chi connectivity index (χ1) is 8.25. The van der Waals surface area contributed by atoms with E-state index in [0.717, 1.165) is 43.4 Å². The summed E-state index contributed by atoms with van der Waals surface area (Å²) < 4.78 is 5.68. The van der Waals surface area contributed by atoms with Crippen LogP contribution in [0.2, 0.25) is 5.02 Å². The number of morpholine rings is 1. The fourth-order valence-corrected chi connectivity index (χ4v) is 2.20. The third-order valence-electron chi connectivity index (χ3n) is 2.99. The highest BCUT2D eigenvalue weighted by molar-refractivity contribution is 6.31. The van der Waals surface area contributed by atoms with Crippen molar-refractivity contribution < 1.29 is 4.74 Å². The number of nitrogens with zero attached hydrogens (tertiary/aromatic N) is 1. The molecule has 1 aromatic rings. The zero-order valence-corrected chi connectivity index (χ0v) is 10.9. The Kier molecular flexibility index (Phi) is 4.80. The largest absolute Gasteiger partial charge is 0.374 e. The Bertz CT molecular complexity index is 359. The molecule has 1 fully saturated rings. The van der Waals surface area contributed by atoms with Gasteiger partial charge in [0.25, 0.3) is 0 Å². The topological polar surface area (TPSA) is 24.5 Å². The second kappa shape index (κ2) is 6.36. The van der Waals surface area contributed by atoms with E-state index in [0.29, 0.717) is 0 Å². The molecule has 0 spiro atoms. The summed E-state index contributed by atoms with van der Waals surface area (Å²) in [5, 5.41) is 4.22. The number of likely N-dealkylation sites (N-methyl/N-ethyl adjacent to an activating group) is 1. The molecule has 1 aliphatic heterocycles. The zero-order valence-electron chi connectivity index (χ0n) is 10.2. The molecule has 17 heavy (non-hydrogen) atoms. The molecule has 0 saturated carbocycles. The monoisotopic (exact) mass is 254 g/mol. The van der Waals surface area contributed by atoms with E-state index in [1.54, 1.807) is 0 Å². The SMILES string of the molecule is CN1CCOC(CNCc2ccccc2Cl)C1. The van der Waals surface area contributed by atoms with Crippen LogP contribution < -0.4 is 5.32 Å². The summed E-state index contributed by atoms with van der Waals surface area (Å²) in [4.78, 5) is 2.30. The van der Waals surface area contributed by atoms with Gasteiger partial charge >= 0.3 is 0 Å². The van der Waals surface area contributed by atoms with Crippen molar-refractivity contribution in [2.75, 3.05) is 33.3 Å². The van der Waals surface area contributed by atoms with Crippen LogP contribution in [0.1, 0.15) is 5.56 Å². The third-order valence-corrected chi connectivity index (χ3v) is 3.36. The zero-order chi connectivity index (χ0) is 12.1. The lowest BCUT2D eigenvalue weighted by Crippen LogP contribution is -2.44. The summed E-state index contributed by atoms with van der Waals surface area (Å²) in [7, 11) is 2.13. The maximum atomic E-state index is 6.09.